The van der Waals surface area contributed by atoms with Crippen LogP contribution in [0.15, 0.2) is 54.6 Å². The second kappa shape index (κ2) is 11.1. The number of aliphatic carboxylic acids is 1. The Bertz CT molecular complexity index is 1590. The number of rotatable bonds is 6. The van der Waals surface area contributed by atoms with Crippen molar-refractivity contribution in [1.29, 1.82) is 5.26 Å². The average molecular weight is 621 g/mol. The number of nitrogens with two attached hydrogens (primary N) is 1. The van der Waals surface area contributed by atoms with Crippen molar-refractivity contribution in [2.45, 2.75) is 50.6 Å². The molecule has 3 aromatic rings. The van der Waals surface area contributed by atoms with Crippen molar-refractivity contribution < 1.29 is 23.5 Å². The van der Waals surface area contributed by atoms with Crippen LogP contribution in [0.3, 0.4) is 0 Å². The summed E-state index contributed by atoms with van der Waals surface area (Å²) in [6, 6.07) is 11.5. The summed E-state index contributed by atoms with van der Waals surface area (Å²) in [5, 5.41) is 21.5. The Kier molecular flexibility index (Phi) is 8.30. The maximum absolute atomic E-state index is 15.9. The van der Waals surface area contributed by atoms with Crippen LogP contribution in [0.25, 0.3) is 0 Å². The van der Waals surface area contributed by atoms with E-state index in [-0.39, 0.29) is 43.9 Å². The molecule has 214 valence electrons. The van der Waals surface area contributed by atoms with E-state index in [4.69, 9.17) is 40.5 Å². The van der Waals surface area contributed by atoms with Gasteiger partial charge in [0.25, 0.3) is 0 Å². The fraction of sp³-hybridized carbons (Fsp3) is 0.300. The molecule has 0 bridgehead atoms. The van der Waals surface area contributed by atoms with E-state index in [1.165, 1.54) is 53.4 Å². The van der Waals surface area contributed by atoms with Crippen molar-refractivity contribution in [2.24, 2.45) is 11.1 Å². The Labute approximate surface area is 251 Å². The van der Waals surface area contributed by atoms with Crippen LogP contribution in [0.4, 0.5) is 14.5 Å². The highest BCUT2D eigenvalue weighted by Crippen LogP contribution is 2.58. The number of hydrogen-bond donors (Lipinski definition) is 2. The van der Waals surface area contributed by atoms with E-state index in [9.17, 15) is 20.0 Å². The van der Waals surface area contributed by atoms with Crippen molar-refractivity contribution in [1.82, 2.24) is 0 Å². The van der Waals surface area contributed by atoms with Crippen LogP contribution in [0.5, 0.6) is 0 Å². The maximum Gasteiger partial charge on any atom is 0.327 e. The van der Waals surface area contributed by atoms with Gasteiger partial charge in [0.1, 0.15) is 23.1 Å². The number of nitriles is 1. The van der Waals surface area contributed by atoms with Gasteiger partial charge in [-0.2, -0.15) is 5.26 Å². The molecule has 11 heteroatoms. The normalized spacial score (nSPS) is 22.4. The van der Waals surface area contributed by atoms with Gasteiger partial charge >= 0.3 is 5.97 Å². The van der Waals surface area contributed by atoms with E-state index in [1.54, 1.807) is 0 Å². The van der Waals surface area contributed by atoms with Crippen LogP contribution in [-0.4, -0.2) is 29.1 Å². The maximum atomic E-state index is 15.9. The molecule has 3 N–H and O–H groups in total. The number of nitrogens with zero attached hydrogens (tertiary/aromatic N) is 2. The first-order valence-electron chi connectivity index (χ1n) is 12.5. The van der Waals surface area contributed by atoms with Crippen molar-refractivity contribution in [3.8, 4) is 6.07 Å². The summed E-state index contributed by atoms with van der Waals surface area (Å²) in [4.78, 5) is 26.4. The predicted molar refractivity (Wildman–Crippen MR) is 155 cm³/mol. The summed E-state index contributed by atoms with van der Waals surface area (Å²) in [5.41, 5.74) is 2.79. The fourth-order valence-corrected chi connectivity index (χ4v) is 6.49. The minimum absolute atomic E-state index is 0.0258. The van der Waals surface area contributed by atoms with Crippen molar-refractivity contribution in [2.75, 3.05) is 4.90 Å². The van der Waals surface area contributed by atoms with E-state index < -0.39 is 52.3 Å². The number of benzene rings is 3. The zero-order valence-corrected chi connectivity index (χ0v) is 24.5. The van der Waals surface area contributed by atoms with Gasteiger partial charge in [-0.1, -0.05) is 73.8 Å². The van der Waals surface area contributed by atoms with E-state index in [0.29, 0.717) is 0 Å². The highest BCUT2D eigenvalue weighted by molar-refractivity contribution is 6.34. The molecule has 41 heavy (non-hydrogen) atoms. The van der Waals surface area contributed by atoms with E-state index >= 15 is 8.78 Å². The molecule has 1 fully saturated rings. The van der Waals surface area contributed by atoms with Crippen LogP contribution in [0.2, 0.25) is 15.1 Å². The second-order valence-corrected chi connectivity index (χ2v) is 12.5. The van der Waals surface area contributed by atoms with Crippen LogP contribution in [-0.2, 0) is 10.2 Å². The summed E-state index contributed by atoms with van der Waals surface area (Å²) in [6.45, 7) is 5.64. The van der Waals surface area contributed by atoms with Gasteiger partial charge in [-0.25, -0.2) is 13.6 Å². The summed E-state index contributed by atoms with van der Waals surface area (Å²) in [6.07, 6.45) is 0.152. The van der Waals surface area contributed by atoms with Crippen molar-refractivity contribution >= 4 is 52.4 Å². The van der Waals surface area contributed by atoms with Gasteiger partial charge in [-0.15, -0.1) is 0 Å². The molecule has 3 aromatic carbocycles. The smallest absolute Gasteiger partial charge is 0.327 e. The van der Waals surface area contributed by atoms with Gasteiger partial charge in [-0.3, -0.25) is 4.79 Å². The van der Waals surface area contributed by atoms with Gasteiger partial charge in [0.15, 0.2) is 0 Å². The van der Waals surface area contributed by atoms with E-state index in [2.05, 4.69) is 6.07 Å². The number of carbonyl (C=O) groups excluding carboxylic acids is 1. The van der Waals surface area contributed by atoms with Gasteiger partial charge < -0.3 is 15.7 Å². The first kappa shape index (κ1) is 30.6. The van der Waals surface area contributed by atoms with Gasteiger partial charge in [-0.05, 0) is 53.8 Å². The van der Waals surface area contributed by atoms with Crippen molar-refractivity contribution in [3.05, 3.63) is 98.0 Å². The minimum Gasteiger partial charge on any atom is -0.480 e. The summed E-state index contributed by atoms with van der Waals surface area (Å²) >= 11 is 18.8. The Morgan fingerprint density at radius 3 is 2.29 bits per heavy atom. The van der Waals surface area contributed by atoms with E-state index in [1.807, 2.05) is 20.8 Å². The molecule has 1 saturated heterocycles. The number of halogens is 5. The number of hydrogen-bond acceptors (Lipinski definition) is 4. The lowest BCUT2D eigenvalue weighted by molar-refractivity contribution is -0.138. The summed E-state index contributed by atoms with van der Waals surface area (Å²) in [5.74, 6) is -5.42. The second-order valence-electron chi connectivity index (χ2n) is 11.2. The third kappa shape index (κ3) is 5.34. The minimum atomic E-state index is -1.98. The fourth-order valence-electron chi connectivity index (χ4n) is 5.87. The average Bonchev–Trinajstić information content (AvgIpc) is 3.14. The Hall–Kier alpha value is -3.38. The standard InChI is InChI=1S/C30H26Cl3F2N3O3/c1-29(2,3)13-23-30(14-36,18-9-8-16(31)12-21(18)34)24(17-5-4-6-19(32)25(17)35)26(28(40)41)38(23)22-10-7-15(27(37)39)11-20(22)33/h4-12,23-24,26H,13H2,1-3H3,(H2,37,39)(H,40,41)/t23-,24-,26+,30-/m0/s1. The lowest BCUT2D eigenvalue weighted by Crippen LogP contribution is -2.47. The lowest BCUT2D eigenvalue weighted by Gasteiger charge is -2.40. The zero-order chi connectivity index (χ0) is 30.4. The van der Waals surface area contributed by atoms with Crippen molar-refractivity contribution in [3.63, 3.8) is 0 Å². The molecule has 1 heterocycles. The van der Waals surface area contributed by atoms with Crippen LogP contribution in [0, 0.1) is 28.4 Å². The first-order valence-corrected chi connectivity index (χ1v) is 13.7. The Morgan fingerprint density at radius 2 is 1.76 bits per heavy atom. The molecule has 0 spiro atoms. The molecule has 1 aliphatic heterocycles. The molecule has 6 nitrogen and oxygen atoms in total. The molecule has 0 aliphatic carbocycles. The Morgan fingerprint density at radius 1 is 1.07 bits per heavy atom. The molecular weight excluding hydrogens is 595 g/mol. The monoisotopic (exact) mass is 619 g/mol. The van der Waals surface area contributed by atoms with E-state index in [0.717, 1.165) is 6.07 Å². The van der Waals surface area contributed by atoms with Gasteiger partial charge in [0.05, 0.1) is 27.8 Å². The number of carboxylic acids is 1. The van der Waals surface area contributed by atoms with Gasteiger partial charge in [0, 0.05) is 22.1 Å². The third-order valence-corrected chi connectivity index (χ3v) is 8.24. The Balaban J connectivity index is 2.19. The summed E-state index contributed by atoms with van der Waals surface area (Å²) < 4.78 is 31.7. The number of primary amides is 1. The SMILES string of the molecule is CC(C)(C)C[C@@H]1N(c2ccc(C(N)=O)cc2Cl)[C@@H](C(=O)O)[C@H](c2cccc(Cl)c2F)[C@@]1(C#N)c1ccc(Cl)cc1F. The topological polar surface area (TPSA) is 107 Å². The molecule has 0 radical (unpaired) electrons. The highest BCUT2D eigenvalue weighted by atomic mass is 35.5. The molecule has 4 rings (SSSR count). The molecule has 1 amide bonds. The van der Waals surface area contributed by atoms with Gasteiger partial charge in [0.2, 0.25) is 5.91 Å². The van der Waals surface area contributed by atoms with Crippen LogP contribution >= 0.6 is 34.8 Å². The molecule has 0 unspecified atom stereocenters. The molecule has 4 atom stereocenters. The molecule has 1 aliphatic rings. The number of anilines is 1. The third-order valence-electron chi connectivity index (χ3n) is 7.41. The number of amides is 1. The first-order chi connectivity index (χ1) is 19.1. The zero-order valence-electron chi connectivity index (χ0n) is 22.3. The molecule has 0 saturated carbocycles. The number of carbonyl (C=O) groups is 2. The quantitative estimate of drug-likeness (QED) is 0.300. The van der Waals surface area contributed by atoms with Crippen LogP contribution < -0.4 is 10.6 Å². The van der Waals surface area contributed by atoms with Crippen LogP contribution in [0.1, 0.15) is 54.6 Å². The predicted octanol–water partition coefficient (Wildman–Crippen LogP) is 7.35. The molecular formula is C30H26Cl3F2N3O3. The highest BCUT2D eigenvalue weighted by Gasteiger charge is 2.65. The number of carboxylic acid groups (broad SMARTS) is 1. The summed E-state index contributed by atoms with van der Waals surface area (Å²) in [7, 11) is 0. The largest absolute Gasteiger partial charge is 0.480 e. The lowest BCUT2D eigenvalue weighted by atomic mass is 9.62. The molecule has 0 aromatic heterocycles.